The highest BCUT2D eigenvalue weighted by Gasteiger charge is 2.32. The van der Waals surface area contributed by atoms with Crippen LogP contribution in [0.4, 0.5) is 0 Å². The van der Waals surface area contributed by atoms with E-state index in [1.807, 2.05) is 6.92 Å². The molecule has 1 fully saturated rings. The minimum Gasteiger partial charge on any atom is -0.392 e. The van der Waals surface area contributed by atoms with Gasteiger partial charge in [-0.15, -0.1) is 0 Å². The highest BCUT2D eigenvalue weighted by Crippen LogP contribution is 2.31. The average Bonchev–Trinajstić information content (AvgIpc) is 2.30. The molecule has 0 saturated carbocycles. The van der Waals surface area contributed by atoms with Crippen LogP contribution in [-0.4, -0.2) is 21.7 Å². The molecule has 0 radical (unpaired) electrons. The van der Waals surface area contributed by atoms with E-state index in [0.717, 1.165) is 37.3 Å². The second kappa shape index (κ2) is 4.24. The first-order valence-electron chi connectivity index (χ1n) is 5.31. The number of ether oxygens (including phenoxy) is 1. The van der Waals surface area contributed by atoms with E-state index in [2.05, 4.69) is 9.97 Å². The first-order chi connectivity index (χ1) is 7.24. The quantitative estimate of drug-likeness (QED) is 0.797. The number of hydrogen-bond acceptors (Lipinski definition) is 4. The van der Waals surface area contributed by atoms with Crippen LogP contribution < -0.4 is 0 Å². The van der Waals surface area contributed by atoms with Crippen LogP contribution >= 0.6 is 0 Å². The molecule has 0 bridgehead atoms. The maximum Gasteiger partial charge on any atom is 0.159 e. The Bertz CT molecular complexity index is 318. The molecule has 1 aliphatic rings. The molecule has 4 heteroatoms. The molecule has 0 amide bonds. The Morgan fingerprint density at radius 1 is 1.40 bits per heavy atom. The number of hydrogen-bond donors (Lipinski definition) is 1. The predicted octanol–water partition coefficient (Wildman–Crippen LogP) is 1.38. The van der Waals surface area contributed by atoms with Gasteiger partial charge in [0.05, 0.1) is 6.61 Å². The van der Waals surface area contributed by atoms with Crippen LogP contribution in [0.5, 0.6) is 0 Å². The molecule has 1 aliphatic heterocycles. The smallest absolute Gasteiger partial charge is 0.159 e. The zero-order valence-corrected chi connectivity index (χ0v) is 8.94. The summed E-state index contributed by atoms with van der Waals surface area (Å²) in [6, 6.07) is 0. The Labute approximate surface area is 89.3 Å². The summed E-state index contributed by atoms with van der Waals surface area (Å²) in [5.41, 5.74) is 0.393. The molecule has 0 aliphatic carbocycles. The zero-order chi connectivity index (χ0) is 10.7. The van der Waals surface area contributed by atoms with E-state index in [1.54, 1.807) is 12.4 Å². The topological polar surface area (TPSA) is 55.2 Å². The van der Waals surface area contributed by atoms with Crippen molar-refractivity contribution in [3.63, 3.8) is 0 Å². The van der Waals surface area contributed by atoms with E-state index in [0.29, 0.717) is 0 Å². The Balaban J connectivity index is 2.20. The third-order valence-corrected chi connectivity index (χ3v) is 2.83. The third kappa shape index (κ3) is 2.16. The second-order valence-electron chi connectivity index (χ2n) is 4.11. The molecule has 1 atom stereocenters. The van der Waals surface area contributed by atoms with Crippen LogP contribution in [-0.2, 0) is 16.9 Å². The predicted molar refractivity (Wildman–Crippen MR) is 55.1 cm³/mol. The number of aromatic nitrogens is 2. The summed E-state index contributed by atoms with van der Waals surface area (Å²) >= 11 is 0. The summed E-state index contributed by atoms with van der Waals surface area (Å²) in [5.74, 6) is 0.722. The maximum absolute atomic E-state index is 8.89. The number of aliphatic hydroxyl groups is 1. The second-order valence-corrected chi connectivity index (χ2v) is 4.11. The van der Waals surface area contributed by atoms with Crippen LogP contribution in [0.3, 0.4) is 0 Å². The summed E-state index contributed by atoms with van der Waals surface area (Å²) in [6.45, 7) is 2.79. The van der Waals surface area contributed by atoms with Crippen LogP contribution in [0.15, 0.2) is 12.4 Å². The van der Waals surface area contributed by atoms with Crippen LogP contribution in [0.1, 0.15) is 37.6 Å². The van der Waals surface area contributed by atoms with Crippen molar-refractivity contribution < 1.29 is 9.84 Å². The molecule has 1 aromatic heterocycles. The molecule has 0 spiro atoms. The Morgan fingerprint density at radius 3 is 2.67 bits per heavy atom. The standard InChI is InChI=1S/C11H16N2O2/c1-11(4-2-3-5-15-11)10-12-6-9(8-14)7-13-10/h6-7,14H,2-5,8H2,1H3. The molecule has 1 unspecified atom stereocenters. The monoisotopic (exact) mass is 208 g/mol. The highest BCUT2D eigenvalue weighted by molar-refractivity contribution is 5.08. The molecule has 4 nitrogen and oxygen atoms in total. The SMILES string of the molecule is CC1(c2ncc(CO)cn2)CCCCO1. The van der Waals surface area contributed by atoms with Crippen molar-refractivity contribution in [2.24, 2.45) is 0 Å². The van der Waals surface area contributed by atoms with E-state index in [4.69, 9.17) is 9.84 Å². The minimum absolute atomic E-state index is 0.0160. The van der Waals surface area contributed by atoms with E-state index in [1.165, 1.54) is 0 Å². The van der Waals surface area contributed by atoms with Gasteiger partial charge in [0.2, 0.25) is 0 Å². The average molecular weight is 208 g/mol. The first kappa shape index (κ1) is 10.5. The van der Waals surface area contributed by atoms with Crippen molar-refractivity contribution in [1.29, 1.82) is 0 Å². The van der Waals surface area contributed by atoms with Gasteiger partial charge in [-0.3, -0.25) is 0 Å². The Kier molecular flexibility index (Phi) is 2.98. The highest BCUT2D eigenvalue weighted by atomic mass is 16.5. The molecule has 0 aromatic carbocycles. The lowest BCUT2D eigenvalue weighted by atomic mass is 9.95. The third-order valence-electron chi connectivity index (χ3n) is 2.83. The molecule has 1 aromatic rings. The van der Waals surface area contributed by atoms with Gasteiger partial charge in [0, 0.05) is 24.6 Å². The normalized spacial score (nSPS) is 26.5. The Hall–Kier alpha value is -1.00. The summed E-state index contributed by atoms with van der Waals surface area (Å²) < 4.78 is 5.74. The molecule has 1 N–H and O–H groups in total. The molecule has 2 rings (SSSR count). The summed E-state index contributed by atoms with van der Waals surface area (Å²) in [7, 11) is 0. The number of nitrogens with zero attached hydrogens (tertiary/aromatic N) is 2. The van der Waals surface area contributed by atoms with Gasteiger partial charge in [0.15, 0.2) is 5.82 Å². The molecule has 82 valence electrons. The van der Waals surface area contributed by atoms with Gasteiger partial charge in [-0.25, -0.2) is 9.97 Å². The molecule has 15 heavy (non-hydrogen) atoms. The van der Waals surface area contributed by atoms with Crippen molar-refractivity contribution in [2.45, 2.75) is 38.4 Å². The maximum atomic E-state index is 8.89. The van der Waals surface area contributed by atoms with Crippen molar-refractivity contribution in [1.82, 2.24) is 9.97 Å². The van der Waals surface area contributed by atoms with Gasteiger partial charge in [-0.2, -0.15) is 0 Å². The van der Waals surface area contributed by atoms with Crippen LogP contribution in [0.25, 0.3) is 0 Å². The fourth-order valence-electron chi connectivity index (χ4n) is 1.82. The van der Waals surface area contributed by atoms with Gasteiger partial charge in [-0.1, -0.05) is 0 Å². The number of aliphatic hydroxyl groups excluding tert-OH is 1. The van der Waals surface area contributed by atoms with E-state index in [-0.39, 0.29) is 12.2 Å². The van der Waals surface area contributed by atoms with E-state index < -0.39 is 0 Å². The first-order valence-corrected chi connectivity index (χ1v) is 5.31. The lowest BCUT2D eigenvalue weighted by Gasteiger charge is -2.32. The zero-order valence-electron chi connectivity index (χ0n) is 8.94. The van der Waals surface area contributed by atoms with Gasteiger partial charge in [-0.05, 0) is 26.2 Å². The van der Waals surface area contributed by atoms with Crippen molar-refractivity contribution in [2.75, 3.05) is 6.61 Å². The largest absolute Gasteiger partial charge is 0.392 e. The Morgan fingerprint density at radius 2 is 2.13 bits per heavy atom. The fraction of sp³-hybridized carbons (Fsp3) is 0.636. The minimum atomic E-state index is -0.341. The summed E-state index contributed by atoms with van der Waals surface area (Å²) in [6.07, 6.45) is 6.55. The van der Waals surface area contributed by atoms with E-state index in [9.17, 15) is 0 Å². The van der Waals surface area contributed by atoms with Gasteiger partial charge in [0.25, 0.3) is 0 Å². The number of rotatable bonds is 2. The van der Waals surface area contributed by atoms with Crippen molar-refractivity contribution in [3.05, 3.63) is 23.8 Å². The summed E-state index contributed by atoms with van der Waals surface area (Å²) in [4.78, 5) is 8.50. The fourth-order valence-corrected chi connectivity index (χ4v) is 1.82. The van der Waals surface area contributed by atoms with Crippen LogP contribution in [0, 0.1) is 0 Å². The molecule has 1 saturated heterocycles. The molecule has 2 heterocycles. The molecular formula is C11H16N2O2. The van der Waals surface area contributed by atoms with E-state index >= 15 is 0 Å². The van der Waals surface area contributed by atoms with Gasteiger partial charge >= 0.3 is 0 Å². The lowest BCUT2D eigenvalue weighted by Crippen LogP contribution is -2.32. The van der Waals surface area contributed by atoms with Crippen molar-refractivity contribution in [3.8, 4) is 0 Å². The van der Waals surface area contributed by atoms with Crippen molar-refractivity contribution >= 4 is 0 Å². The lowest BCUT2D eigenvalue weighted by molar-refractivity contribution is -0.0761. The summed E-state index contributed by atoms with van der Waals surface area (Å²) in [5, 5.41) is 8.89. The van der Waals surface area contributed by atoms with Crippen LogP contribution in [0.2, 0.25) is 0 Å². The molecular weight excluding hydrogens is 192 g/mol. The van der Waals surface area contributed by atoms with Gasteiger partial charge in [0.1, 0.15) is 5.60 Å². The van der Waals surface area contributed by atoms with Gasteiger partial charge < -0.3 is 9.84 Å².